The van der Waals surface area contributed by atoms with Crippen LogP contribution < -0.4 is 4.74 Å². The molecule has 4 nitrogen and oxygen atoms in total. The van der Waals surface area contributed by atoms with Crippen LogP contribution in [0.1, 0.15) is 6.92 Å². The minimum Gasteiger partial charge on any atom is -0.487 e. The van der Waals surface area contributed by atoms with Crippen molar-refractivity contribution in [2.24, 2.45) is 0 Å². The molecule has 0 amide bonds. The molecular weight excluding hydrogens is 206 g/mol. The second-order valence-electron chi connectivity index (χ2n) is 2.48. The van der Waals surface area contributed by atoms with E-state index in [0.717, 1.165) is 0 Å². The Morgan fingerprint density at radius 1 is 1.57 bits per heavy atom. The first-order valence-corrected chi connectivity index (χ1v) is 4.44. The summed E-state index contributed by atoms with van der Waals surface area (Å²) in [6, 6.07) is 3.41. The van der Waals surface area contributed by atoms with Crippen LogP contribution in [-0.2, 0) is 9.53 Å². The van der Waals surface area contributed by atoms with Gasteiger partial charge in [-0.25, -0.2) is 4.98 Å². The average Bonchev–Trinajstić information content (AvgIpc) is 2.15. The van der Waals surface area contributed by atoms with Gasteiger partial charge in [0.2, 0.25) is 0 Å². The van der Waals surface area contributed by atoms with Crippen LogP contribution in [0.15, 0.2) is 18.3 Å². The number of hydrogen-bond acceptors (Lipinski definition) is 4. The van der Waals surface area contributed by atoms with Crippen LogP contribution >= 0.6 is 11.6 Å². The Balaban J connectivity index is 2.31. The van der Waals surface area contributed by atoms with Gasteiger partial charge in [0, 0.05) is 13.1 Å². The maximum Gasteiger partial charge on any atom is 0.302 e. The molecule has 1 aromatic rings. The third-order valence-corrected chi connectivity index (χ3v) is 1.65. The highest BCUT2D eigenvalue weighted by atomic mass is 35.5. The Bertz CT molecular complexity index is 317. The average molecular weight is 216 g/mol. The number of aromatic nitrogens is 1. The van der Waals surface area contributed by atoms with Crippen molar-refractivity contribution >= 4 is 17.6 Å². The molecular formula is C9H10ClNO3. The van der Waals surface area contributed by atoms with Crippen molar-refractivity contribution < 1.29 is 14.3 Å². The summed E-state index contributed by atoms with van der Waals surface area (Å²) in [6.07, 6.45) is 1.57. The smallest absolute Gasteiger partial charge is 0.302 e. The number of carbonyl (C=O) groups excluding carboxylic acids is 1. The van der Waals surface area contributed by atoms with Crippen molar-refractivity contribution in [2.75, 3.05) is 13.2 Å². The van der Waals surface area contributed by atoms with Gasteiger partial charge in [-0.2, -0.15) is 0 Å². The minimum absolute atomic E-state index is 0.209. The zero-order valence-electron chi connectivity index (χ0n) is 7.70. The number of hydrogen-bond donors (Lipinski definition) is 0. The number of esters is 1. The van der Waals surface area contributed by atoms with Gasteiger partial charge in [0.05, 0.1) is 0 Å². The zero-order valence-corrected chi connectivity index (χ0v) is 8.45. The standard InChI is InChI=1S/C9H10ClNO3/c1-7(12)13-5-6-14-8-3-2-4-11-9(8)10/h2-4H,5-6H2,1H3. The summed E-state index contributed by atoms with van der Waals surface area (Å²) in [7, 11) is 0. The number of ether oxygens (including phenoxy) is 2. The number of pyridine rings is 1. The Labute approximate surface area is 86.8 Å². The quantitative estimate of drug-likeness (QED) is 0.436. The molecule has 0 aliphatic heterocycles. The Morgan fingerprint density at radius 2 is 2.36 bits per heavy atom. The molecule has 1 heterocycles. The van der Waals surface area contributed by atoms with Gasteiger partial charge in [0.15, 0.2) is 10.9 Å². The largest absolute Gasteiger partial charge is 0.487 e. The second kappa shape index (κ2) is 5.44. The molecule has 0 aliphatic rings. The summed E-state index contributed by atoms with van der Waals surface area (Å²) < 4.78 is 9.89. The molecule has 0 atom stereocenters. The molecule has 0 spiro atoms. The molecule has 0 bridgehead atoms. The van der Waals surface area contributed by atoms with Crippen molar-refractivity contribution in [2.45, 2.75) is 6.92 Å². The SMILES string of the molecule is CC(=O)OCCOc1cccnc1Cl. The van der Waals surface area contributed by atoms with Crippen LogP contribution in [0.4, 0.5) is 0 Å². The molecule has 0 aliphatic carbocycles. The monoisotopic (exact) mass is 215 g/mol. The molecule has 0 N–H and O–H groups in total. The highest BCUT2D eigenvalue weighted by molar-refractivity contribution is 6.30. The Kier molecular flexibility index (Phi) is 4.19. The third-order valence-electron chi connectivity index (χ3n) is 1.37. The van der Waals surface area contributed by atoms with Gasteiger partial charge in [0.25, 0.3) is 0 Å². The molecule has 0 fully saturated rings. The molecule has 0 radical (unpaired) electrons. The first-order valence-electron chi connectivity index (χ1n) is 4.07. The molecule has 1 rings (SSSR count). The Hall–Kier alpha value is -1.29. The van der Waals surface area contributed by atoms with Gasteiger partial charge in [-0.3, -0.25) is 4.79 Å². The zero-order chi connectivity index (χ0) is 10.4. The number of nitrogens with zero attached hydrogens (tertiary/aromatic N) is 1. The van der Waals surface area contributed by atoms with Crippen LogP contribution in [0, 0.1) is 0 Å². The summed E-state index contributed by atoms with van der Waals surface area (Å²) in [6.45, 7) is 1.82. The lowest BCUT2D eigenvalue weighted by molar-refractivity contribution is -0.141. The van der Waals surface area contributed by atoms with Crippen LogP contribution in [0.5, 0.6) is 5.75 Å². The van der Waals surface area contributed by atoms with Gasteiger partial charge in [-0.05, 0) is 12.1 Å². The van der Waals surface area contributed by atoms with E-state index in [1.54, 1.807) is 18.3 Å². The number of halogens is 1. The van der Waals surface area contributed by atoms with Crippen LogP contribution in [0.3, 0.4) is 0 Å². The van der Waals surface area contributed by atoms with Crippen molar-refractivity contribution in [1.29, 1.82) is 0 Å². The van der Waals surface area contributed by atoms with E-state index in [0.29, 0.717) is 10.9 Å². The fraction of sp³-hybridized carbons (Fsp3) is 0.333. The Morgan fingerprint density at radius 3 is 3.00 bits per heavy atom. The van der Waals surface area contributed by atoms with Gasteiger partial charge < -0.3 is 9.47 Å². The van der Waals surface area contributed by atoms with E-state index >= 15 is 0 Å². The molecule has 0 saturated heterocycles. The first kappa shape index (κ1) is 10.8. The summed E-state index contributed by atoms with van der Waals surface area (Å²) in [4.78, 5) is 14.2. The third kappa shape index (κ3) is 3.62. The predicted octanol–water partition coefficient (Wildman–Crippen LogP) is 1.68. The molecule has 5 heteroatoms. The van der Waals surface area contributed by atoms with E-state index < -0.39 is 0 Å². The molecule has 1 aromatic heterocycles. The fourth-order valence-corrected chi connectivity index (χ4v) is 0.990. The minimum atomic E-state index is -0.328. The van der Waals surface area contributed by atoms with E-state index in [-0.39, 0.29) is 19.2 Å². The van der Waals surface area contributed by atoms with Crippen LogP contribution in [0.25, 0.3) is 0 Å². The highest BCUT2D eigenvalue weighted by Crippen LogP contribution is 2.19. The van der Waals surface area contributed by atoms with Crippen molar-refractivity contribution in [3.8, 4) is 5.75 Å². The predicted molar refractivity (Wildman–Crippen MR) is 51.4 cm³/mol. The van der Waals surface area contributed by atoms with E-state index in [1.807, 2.05) is 0 Å². The summed E-state index contributed by atoms with van der Waals surface area (Å²) >= 11 is 5.72. The van der Waals surface area contributed by atoms with Crippen molar-refractivity contribution in [3.63, 3.8) is 0 Å². The molecule has 14 heavy (non-hydrogen) atoms. The number of rotatable bonds is 4. The van der Waals surface area contributed by atoms with Gasteiger partial charge in [-0.15, -0.1) is 0 Å². The fourth-order valence-electron chi connectivity index (χ4n) is 0.816. The van der Waals surface area contributed by atoms with Crippen molar-refractivity contribution in [3.05, 3.63) is 23.5 Å². The van der Waals surface area contributed by atoms with Crippen LogP contribution in [-0.4, -0.2) is 24.2 Å². The topological polar surface area (TPSA) is 48.4 Å². The maximum absolute atomic E-state index is 10.4. The normalized spacial score (nSPS) is 9.57. The van der Waals surface area contributed by atoms with Gasteiger partial charge >= 0.3 is 5.97 Å². The van der Waals surface area contributed by atoms with E-state index in [1.165, 1.54) is 6.92 Å². The lowest BCUT2D eigenvalue weighted by Crippen LogP contribution is -2.09. The second-order valence-corrected chi connectivity index (χ2v) is 2.84. The number of carbonyl (C=O) groups is 1. The van der Waals surface area contributed by atoms with Crippen molar-refractivity contribution in [1.82, 2.24) is 4.98 Å². The highest BCUT2D eigenvalue weighted by Gasteiger charge is 2.00. The maximum atomic E-state index is 10.4. The first-order chi connectivity index (χ1) is 6.70. The van der Waals surface area contributed by atoms with Gasteiger partial charge in [-0.1, -0.05) is 11.6 Å². The van der Waals surface area contributed by atoms with Gasteiger partial charge in [0.1, 0.15) is 13.2 Å². The molecule has 0 aromatic carbocycles. The molecule has 0 unspecified atom stereocenters. The summed E-state index contributed by atoms with van der Waals surface area (Å²) in [5.74, 6) is 0.159. The molecule has 76 valence electrons. The summed E-state index contributed by atoms with van der Waals surface area (Å²) in [5.41, 5.74) is 0. The van der Waals surface area contributed by atoms with E-state index in [2.05, 4.69) is 9.72 Å². The molecule has 0 saturated carbocycles. The van der Waals surface area contributed by atoms with Crippen LogP contribution in [0.2, 0.25) is 5.15 Å². The van der Waals surface area contributed by atoms with E-state index in [4.69, 9.17) is 16.3 Å². The lowest BCUT2D eigenvalue weighted by Gasteiger charge is -2.06. The lowest BCUT2D eigenvalue weighted by atomic mass is 10.5. The van der Waals surface area contributed by atoms with E-state index in [9.17, 15) is 4.79 Å². The summed E-state index contributed by atoms with van der Waals surface area (Å²) in [5, 5.41) is 0.301.